The van der Waals surface area contributed by atoms with E-state index in [0.717, 1.165) is 21.5 Å². The average Bonchev–Trinajstić information content (AvgIpc) is 3.15. The van der Waals surface area contributed by atoms with Crippen molar-refractivity contribution in [2.24, 2.45) is 0 Å². The van der Waals surface area contributed by atoms with Crippen LogP contribution in [0.3, 0.4) is 0 Å². The summed E-state index contributed by atoms with van der Waals surface area (Å²) in [6, 6.07) is 9.35. The van der Waals surface area contributed by atoms with Gasteiger partial charge in [0, 0.05) is 18.0 Å². The second-order valence-corrected chi connectivity index (χ2v) is 5.50. The topological polar surface area (TPSA) is 90.7 Å². The molecule has 0 aliphatic rings. The Morgan fingerprint density at radius 3 is 2.67 bits per heavy atom. The van der Waals surface area contributed by atoms with Gasteiger partial charge in [0.1, 0.15) is 0 Å². The summed E-state index contributed by atoms with van der Waals surface area (Å²) < 4.78 is 5.29. The summed E-state index contributed by atoms with van der Waals surface area (Å²) in [7, 11) is 0. The maximum atomic E-state index is 5.71. The number of nitrogens with two attached hydrogens (primary N) is 1. The summed E-state index contributed by atoms with van der Waals surface area (Å²) in [5.74, 6) is 0.982. The highest BCUT2D eigenvalue weighted by Crippen LogP contribution is 2.30. The monoisotopic (exact) mass is 295 g/mol. The van der Waals surface area contributed by atoms with Crippen LogP contribution in [-0.4, -0.2) is 20.1 Å². The van der Waals surface area contributed by atoms with Gasteiger partial charge in [0.2, 0.25) is 5.82 Å². The van der Waals surface area contributed by atoms with Gasteiger partial charge in [-0.1, -0.05) is 5.16 Å². The molecule has 0 atom stereocenters. The first-order valence-corrected chi connectivity index (χ1v) is 7.02. The van der Waals surface area contributed by atoms with Crippen molar-refractivity contribution in [3.8, 4) is 22.2 Å². The van der Waals surface area contributed by atoms with Crippen molar-refractivity contribution in [1.29, 1.82) is 0 Å². The molecule has 102 valence electrons. The fraction of sp³-hybridized carbons (Fsp3) is 0. The van der Waals surface area contributed by atoms with Crippen molar-refractivity contribution in [2.75, 3.05) is 5.73 Å². The van der Waals surface area contributed by atoms with Gasteiger partial charge in [-0.05, 0) is 30.3 Å². The van der Waals surface area contributed by atoms with Crippen LogP contribution in [0.2, 0.25) is 0 Å². The Kier molecular flexibility index (Phi) is 2.65. The fourth-order valence-corrected chi connectivity index (χ4v) is 2.71. The Hall–Kier alpha value is -2.80. The first kappa shape index (κ1) is 12.0. The molecule has 6 nitrogen and oxygen atoms in total. The highest BCUT2D eigenvalue weighted by molar-refractivity contribution is 7.19. The van der Waals surface area contributed by atoms with Crippen LogP contribution in [0.5, 0.6) is 0 Å². The normalized spacial score (nSPS) is 11.0. The molecular formula is C14H9N5OS. The van der Waals surface area contributed by atoms with Crippen LogP contribution >= 0.6 is 11.3 Å². The molecule has 0 unspecified atom stereocenters. The average molecular weight is 295 g/mol. The number of anilines is 1. The first-order valence-electron chi connectivity index (χ1n) is 6.20. The molecule has 0 bridgehead atoms. The van der Waals surface area contributed by atoms with E-state index in [1.165, 1.54) is 11.3 Å². The molecule has 0 saturated carbocycles. The van der Waals surface area contributed by atoms with E-state index in [1.807, 2.05) is 30.3 Å². The molecule has 21 heavy (non-hydrogen) atoms. The van der Waals surface area contributed by atoms with Crippen LogP contribution in [0.4, 0.5) is 5.00 Å². The van der Waals surface area contributed by atoms with Crippen LogP contribution in [0.25, 0.3) is 33.2 Å². The van der Waals surface area contributed by atoms with Crippen molar-refractivity contribution in [2.45, 2.75) is 0 Å². The van der Waals surface area contributed by atoms with E-state index in [-0.39, 0.29) is 0 Å². The van der Waals surface area contributed by atoms with E-state index in [9.17, 15) is 0 Å². The number of rotatable bonds is 2. The van der Waals surface area contributed by atoms with Crippen molar-refractivity contribution in [3.05, 3.63) is 42.7 Å². The van der Waals surface area contributed by atoms with Crippen molar-refractivity contribution in [3.63, 3.8) is 0 Å². The van der Waals surface area contributed by atoms with Crippen LogP contribution in [-0.2, 0) is 0 Å². The van der Waals surface area contributed by atoms with Gasteiger partial charge in [0.05, 0.1) is 20.9 Å². The maximum Gasteiger partial charge on any atom is 0.268 e. The molecule has 4 rings (SSSR count). The Bertz CT molecular complexity index is 930. The molecule has 0 fully saturated rings. The van der Waals surface area contributed by atoms with Crippen LogP contribution in [0.1, 0.15) is 0 Å². The summed E-state index contributed by atoms with van der Waals surface area (Å²) in [5, 5.41) is 4.72. The lowest BCUT2D eigenvalue weighted by molar-refractivity contribution is 0.433. The van der Waals surface area contributed by atoms with Crippen LogP contribution < -0.4 is 5.73 Å². The minimum absolute atomic E-state index is 0.464. The van der Waals surface area contributed by atoms with Crippen molar-refractivity contribution in [1.82, 2.24) is 20.1 Å². The quantitative estimate of drug-likeness (QED) is 0.611. The largest absolute Gasteiger partial charge is 0.391 e. The molecule has 7 heteroatoms. The van der Waals surface area contributed by atoms with E-state index >= 15 is 0 Å². The SMILES string of the molecule is Nc1ccc(-c2nc(-c3ccc4nccnc4c3)no2)s1. The lowest BCUT2D eigenvalue weighted by Gasteiger charge is -1.97. The van der Waals surface area contributed by atoms with Gasteiger partial charge in [-0.2, -0.15) is 4.98 Å². The Morgan fingerprint density at radius 2 is 1.86 bits per heavy atom. The minimum Gasteiger partial charge on any atom is -0.391 e. The number of hydrogen-bond donors (Lipinski definition) is 1. The number of hydrogen-bond acceptors (Lipinski definition) is 7. The number of fused-ring (bicyclic) bond motifs is 1. The Morgan fingerprint density at radius 1 is 1.00 bits per heavy atom. The second-order valence-electron chi connectivity index (χ2n) is 4.38. The van der Waals surface area contributed by atoms with Gasteiger partial charge < -0.3 is 10.3 Å². The lowest BCUT2D eigenvalue weighted by Crippen LogP contribution is -1.85. The van der Waals surface area contributed by atoms with Gasteiger partial charge in [0.25, 0.3) is 5.89 Å². The molecule has 3 aromatic heterocycles. The van der Waals surface area contributed by atoms with Crippen molar-refractivity contribution >= 4 is 27.4 Å². The standard InChI is InChI=1S/C14H9N5OS/c15-12-4-3-11(21-12)14-18-13(19-20-14)8-1-2-9-10(7-8)17-6-5-16-9/h1-7H,15H2. The van der Waals surface area contributed by atoms with Gasteiger partial charge >= 0.3 is 0 Å². The highest BCUT2D eigenvalue weighted by atomic mass is 32.1. The third-order valence-electron chi connectivity index (χ3n) is 2.99. The fourth-order valence-electron chi connectivity index (χ4n) is 2.01. The lowest BCUT2D eigenvalue weighted by atomic mass is 10.2. The molecular weight excluding hydrogens is 286 g/mol. The molecule has 0 aliphatic carbocycles. The zero-order chi connectivity index (χ0) is 14.2. The second kappa shape index (κ2) is 4.64. The molecule has 4 aromatic rings. The zero-order valence-electron chi connectivity index (χ0n) is 10.7. The predicted molar refractivity (Wildman–Crippen MR) is 80.6 cm³/mol. The van der Waals surface area contributed by atoms with Gasteiger partial charge in [-0.15, -0.1) is 11.3 Å². The smallest absolute Gasteiger partial charge is 0.268 e. The summed E-state index contributed by atoms with van der Waals surface area (Å²) in [4.78, 5) is 13.8. The van der Waals surface area contributed by atoms with E-state index < -0.39 is 0 Å². The zero-order valence-corrected chi connectivity index (χ0v) is 11.5. The van der Waals surface area contributed by atoms with E-state index in [4.69, 9.17) is 10.3 Å². The van der Waals surface area contributed by atoms with E-state index in [1.54, 1.807) is 12.4 Å². The van der Waals surface area contributed by atoms with Gasteiger partial charge in [-0.25, -0.2) is 0 Å². The van der Waals surface area contributed by atoms with Gasteiger partial charge in [-0.3, -0.25) is 9.97 Å². The van der Waals surface area contributed by atoms with E-state index in [0.29, 0.717) is 16.7 Å². The maximum absolute atomic E-state index is 5.71. The Labute approximate surface area is 123 Å². The van der Waals surface area contributed by atoms with Crippen LogP contribution in [0, 0.1) is 0 Å². The molecule has 0 radical (unpaired) electrons. The predicted octanol–water partition coefficient (Wildman–Crippen LogP) is 2.99. The number of nitrogen functional groups attached to an aromatic ring is 1. The molecule has 0 spiro atoms. The van der Waals surface area contributed by atoms with Crippen molar-refractivity contribution < 1.29 is 4.52 Å². The number of aromatic nitrogens is 4. The number of nitrogens with zero attached hydrogens (tertiary/aromatic N) is 4. The molecule has 0 aliphatic heterocycles. The molecule has 0 saturated heterocycles. The number of benzene rings is 1. The number of thiophene rings is 1. The minimum atomic E-state index is 0.464. The molecule has 0 amide bonds. The summed E-state index contributed by atoms with van der Waals surface area (Å²) in [5.41, 5.74) is 8.17. The molecule has 1 aromatic carbocycles. The third-order valence-corrected chi connectivity index (χ3v) is 3.89. The first-order chi connectivity index (χ1) is 10.3. The summed E-state index contributed by atoms with van der Waals surface area (Å²) >= 11 is 1.41. The summed E-state index contributed by atoms with van der Waals surface area (Å²) in [6.45, 7) is 0. The van der Waals surface area contributed by atoms with E-state index in [2.05, 4.69) is 20.1 Å². The van der Waals surface area contributed by atoms with Crippen LogP contribution in [0.15, 0.2) is 47.2 Å². The highest BCUT2D eigenvalue weighted by Gasteiger charge is 2.12. The summed E-state index contributed by atoms with van der Waals surface area (Å²) in [6.07, 6.45) is 3.32. The molecule has 3 heterocycles. The third kappa shape index (κ3) is 2.13. The van der Waals surface area contributed by atoms with Gasteiger partial charge in [0.15, 0.2) is 0 Å². The Balaban J connectivity index is 1.77. The molecule has 2 N–H and O–H groups in total.